The van der Waals surface area contributed by atoms with Gasteiger partial charge < -0.3 is 9.40 Å². The van der Waals surface area contributed by atoms with Crippen molar-refractivity contribution in [2.24, 2.45) is 0 Å². The molecule has 1 N–H and O–H groups in total. The van der Waals surface area contributed by atoms with Crippen molar-refractivity contribution in [1.29, 1.82) is 0 Å². The fourth-order valence-electron chi connectivity index (χ4n) is 1.76. The number of fused-ring (bicyclic) bond motifs is 1. The third-order valence-electron chi connectivity index (χ3n) is 2.46. The molecule has 0 aromatic carbocycles. The molecule has 3 aromatic heterocycles. The summed E-state index contributed by atoms with van der Waals surface area (Å²) < 4.78 is 5.47. The molecule has 5 nitrogen and oxygen atoms in total. The Kier molecular flexibility index (Phi) is 1.80. The zero-order valence-electron chi connectivity index (χ0n) is 8.98. The molecule has 0 unspecified atom stereocenters. The van der Waals surface area contributed by atoms with E-state index >= 15 is 0 Å². The molecule has 5 heteroatoms. The van der Waals surface area contributed by atoms with E-state index in [9.17, 15) is 0 Å². The quantitative estimate of drug-likeness (QED) is 0.674. The number of H-pyrrole nitrogens is 1. The van der Waals surface area contributed by atoms with Crippen LogP contribution in [0.15, 0.2) is 23.0 Å². The van der Waals surface area contributed by atoms with E-state index in [1.54, 1.807) is 6.20 Å². The maximum absolute atomic E-state index is 5.47. The van der Waals surface area contributed by atoms with Crippen molar-refractivity contribution < 1.29 is 4.42 Å². The van der Waals surface area contributed by atoms with Crippen molar-refractivity contribution in [1.82, 2.24) is 19.9 Å². The fraction of sp³-hybridized carbons (Fsp3) is 0.182. The highest BCUT2D eigenvalue weighted by Gasteiger charge is 2.11. The predicted molar refractivity (Wildman–Crippen MR) is 58.9 cm³/mol. The van der Waals surface area contributed by atoms with E-state index in [0.717, 1.165) is 28.4 Å². The summed E-state index contributed by atoms with van der Waals surface area (Å²) in [6.45, 7) is 3.83. The molecule has 3 heterocycles. The minimum absolute atomic E-state index is 0.670. The number of nitrogens with zero attached hydrogens (tertiary/aromatic N) is 3. The van der Waals surface area contributed by atoms with Crippen molar-refractivity contribution in [2.75, 3.05) is 0 Å². The van der Waals surface area contributed by atoms with E-state index in [1.165, 1.54) is 6.33 Å². The number of aromatic amines is 1. The van der Waals surface area contributed by atoms with Crippen LogP contribution in [-0.4, -0.2) is 19.9 Å². The Labute approximate surface area is 91.6 Å². The normalized spacial score (nSPS) is 11.1. The highest BCUT2D eigenvalue weighted by Crippen LogP contribution is 2.25. The van der Waals surface area contributed by atoms with Gasteiger partial charge in [-0.3, -0.25) is 0 Å². The van der Waals surface area contributed by atoms with Gasteiger partial charge >= 0.3 is 0 Å². The molecule has 0 aliphatic rings. The van der Waals surface area contributed by atoms with Crippen LogP contribution in [0.2, 0.25) is 0 Å². The second-order valence-electron chi connectivity index (χ2n) is 3.67. The molecule has 0 fully saturated rings. The minimum Gasteiger partial charge on any atom is -0.466 e. The van der Waals surface area contributed by atoms with Crippen LogP contribution in [0.5, 0.6) is 0 Å². The number of hydrogen-bond acceptors (Lipinski definition) is 4. The zero-order chi connectivity index (χ0) is 11.1. The van der Waals surface area contributed by atoms with Gasteiger partial charge in [-0.2, -0.15) is 0 Å². The zero-order valence-corrected chi connectivity index (χ0v) is 8.98. The molecule has 0 saturated carbocycles. The Balaban J connectivity index is 2.22. The lowest BCUT2D eigenvalue weighted by Gasteiger charge is -1.90. The van der Waals surface area contributed by atoms with Gasteiger partial charge in [0, 0.05) is 0 Å². The van der Waals surface area contributed by atoms with E-state index in [4.69, 9.17) is 4.42 Å². The maximum atomic E-state index is 5.47. The Morgan fingerprint density at radius 2 is 2.19 bits per heavy atom. The topological polar surface area (TPSA) is 67.6 Å². The molecule has 0 amide bonds. The second-order valence-corrected chi connectivity index (χ2v) is 3.67. The SMILES string of the molecule is Cc1cc(-c2nc3ncncc3[nH]2)c(C)o1. The van der Waals surface area contributed by atoms with Gasteiger partial charge in [0.15, 0.2) is 5.65 Å². The van der Waals surface area contributed by atoms with Crippen molar-refractivity contribution in [3.63, 3.8) is 0 Å². The summed E-state index contributed by atoms with van der Waals surface area (Å²) in [6.07, 6.45) is 3.20. The van der Waals surface area contributed by atoms with Crippen LogP contribution in [0.4, 0.5) is 0 Å². The summed E-state index contributed by atoms with van der Waals surface area (Å²) in [4.78, 5) is 15.6. The Morgan fingerprint density at radius 3 is 2.88 bits per heavy atom. The molecule has 0 bridgehead atoms. The number of hydrogen-bond donors (Lipinski definition) is 1. The molecular formula is C11H10N4O. The van der Waals surface area contributed by atoms with Crippen LogP contribution >= 0.6 is 0 Å². The lowest BCUT2D eigenvalue weighted by atomic mass is 10.2. The molecule has 80 valence electrons. The van der Waals surface area contributed by atoms with Gasteiger partial charge in [-0.15, -0.1) is 0 Å². The number of aromatic nitrogens is 4. The summed E-state index contributed by atoms with van der Waals surface area (Å²) in [5.41, 5.74) is 2.47. The molecule has 0 radical (unpaired) electrons. The maximum Gasteiger partial charge on any atom is 0.181 e. The van der Waals surface area contributed by atoms with Gasteiger partial charge in [0.1, 0.15) is 29.2 Å². The first-order chi connectivity index (χ1) is 7.74. The van der Waals surface area contributed by atoms with Crippen LogP contribution in [0.3, 0.4) is 0 Å². The molecular weight excluding hydrogens is 204 g/mol. The van der Waals surface area contributed by atoms with Crippen LogP contribution in [0.25, 0.3) is 22.6 Å². The number of nitrogens with one attached hydrogen (secondary N) is 1. The van der Waals surface area contributed by atoms with E-state index in [1.807, 2.05) is 19.9 Å². The van der Waals surface area contributed by atoms with Crippen molar-refractivity contribution >= 4 is 11.2 Å². The first-order valence-corrected chi connectivity index (χ1v) is 4.97. The third kappa shape index (κ3) is 1.29. The van der Waals surface area contributed by atoms with Crippen LogP contribution in [-0.2, 0) is 0 Å². The van der Waals surface area contributed by atoms with Gasteiger partial charge in [-0.25, -0.2) is 15.0 Å². The number of imidazole rings is 1. The van der Waals surface area contributed by atoms with Gasteiger partial charge in [0.05, 0.1) is 11.8 Å². The molecule has 0 atom stereocenters. The molecule has 0 aliphatic carbocycles. The summed E-state index contributed by atoms with van der Waals surface area (Å²) in [7, 11) is 0. The summed E-state index contributed by atoms with van der Waals surface area (Å²) >= 11 is 0. The van der Waals surface area contributed by atoms with Gasteiger partial charge in [-0.1, -0.05) is 0 Å². The molecule has 0 spiro atoms. The lowest BCUT2D eigenvalue weighted by molar-refractivity contribution is 0.505. The Hall–Kier alpha value is -2.17. The first kappa shape index (κ1) is 9.08. The van der Waals surface area contributed by atoms with Crippen molar-refractivity contribution in [3.8, 4) is 11.4 Å². The standard InChI is InChI=1S/C11H10N4O/c1-6-3-8(7(2)16-6)10-14-9-4-12-5-13-11(9)15-10/h3-5H,1-2H3,(H,12,13,14,15). The molecule has 16 heavy (non-hydrogen) atoms. The number of rotatable bonds is 1. The van der Waals surface area contributed by atoms with Crippen LogP contribution < -0.4 is 0 Å². The monoisotopic (exact) mass is 214 g/mol. The van der Waals surface area contributed by atoms with Crippen LogP contribution in [0, 0.1) is 13.8 Å². The number of aryl methyl sites for hydroxylation is 2. The van der Waals surface area contributed by atoms with Gasteiger partial charge in [0.2, 0.25) is 0 Å². The summed E-state index contributed by atoms with van der Waals surface area (Å²) in [5.74, 6) is 2.49. The van der Waals surface area contributed by atoms with Gasteiger partial charge in [-0.05, 0) is 19.9 Å². The molecule has 3 aromatic rings. The van der Waals surface area contributed by atoms with E-state index in [2.05, 4.69) is 19.9 Å². The second kappa shape index (κ2) is 3.16. The summed E-state index contributed by atoms with van der Waals surface area (Å²) in [5, 5.41) is 0. The Bertz CT molecular complexity index is 620. The third-order valence-corrected chi connectivity index (χ3v) is 2.46. The van der Waals surface area contributed by atoms with Crippen LogP contribution in [0.1, 0.15) is 11.5 Å². The lowest BCUT2D eigenvalue weighted by Crippen LogP contribution is -1.79. The van der Waals surface area contributed by atoms with Crippen molar-refractivity contribution in [2.45, 2.75) is 13.8 Å². The van der Waals surface area contributed by atoms with E-state index in [-0.39, 0.29) is 0 Å². The molecule has 0 saturated heterocycles. The molecule has 3 rings (SSSR count). The van der Waals surface area contributed by atoms with Crippen molar-refractivity contribution in [3.05, 3.63) is 30.1 Å². The van der Waals surface area contributed by atoms with Gasteiger partial charge in [0.25, 0.3) is 0 Å². The average Bonchev–Trinajstić information content (AvgIpc) is 2.81. The average molecular weight is 214 g/mol. The largest absolute Gasteiger partial charge is 0.466 e. The smallest absolute Gasteiger partial charge is 0.181 e. The summed E-state index contributed by atoms with van der Waals surface area (Å²) in [6, 6.07) is 1.96. The highest BCUT2D eigenvalue weighted by molar-refractivity contribution is 5.75. The number of furan rings is 1. The van der Waals surface area contributed by atoms with E-state index in [0.29, 0.717) is 5.65 Å². The first-order valence-electron chi connectivity index (χ1n) is 4.97. The highest BCUT2D eigenvalue weighted by atomic mass is 16.3. The van der Waals surface area contributed by atoms with E-state index < -0.39 is 0 Å². The predicted octanol–water partition coefficient (Wildman–Crippen LogP) is 2.23. The Morgan fingerprint density at radius 1 is 1.31 bits per heavy atom. The molecule has 0 aliphatic heterocycles. The fourth-order valence-corrected chi connectivity index (χ4v) is 1.76. The minimum atomic E-state index is 0.670.